The highest BCUT2D eigenvalue weighted by atomic mass is 79.9. The first-order chi connectivity index (χ1) is 10.2. The molecule has 2 amide bonds. The zero-order chi connectivity index (χ0) is 16.5. The van der Waals surface area contributed by atoms with Gasteiger partial charge in [0.05, 0.1) is 6.04 Å². The number of hydrogen-bond donors (Lipinski definition) is 0. The van der Waals surface area contributed by atoms with E-state index >= 15 is 0 Å². The normalized spacial score (nSPS) is 20.0. The van der Waals surface area contributed by atoms with E-state index in [1.165, 1.54) is 4.90 Å². The minimum Gasteiger partial charge on any atom is -0.447 e. The number of halogens is 2. The van der Waals surface area contributed by atoms with E-state index in [2.05, 4.69) is 15.9 Å². The number of carbonyl (C=O) groups excluding carboxylic acids is 2. The van der Waals surface area contributed by atoms with Crippen molar-refractivity contribution in [3.8, 4) is 0 Å². The Balaban J connectivity index is 2.14. The van der Waals surface area contributed by atoms with Crippen LogP contribution in [-0.2, 0) is 9.53 Å². The van der Waals surface area contributed by atoms with Gasteiger partial charge in [0.25, 0.3) is 0 Å². The van der Waals surface area contributed by atoms with Gasteiger partial charge in [-0.05, 0) is 17.0 Å². The summed E-state index contributed by atoms with van der Waals surface area (Å²) in [6.07, 6.45) is -0.422. The number of rotatable bonds is 3. The van der Waals surface area contributed by atoms with E-state index < -0.39 is 6.09 Å². The van der Waals surface area contributed by atoms with Crippen molar-refractivity contribution < 1.29 is 14.3 Å². The van der Waals surface area contributed by atoms with Gasteiger partial charge in [-0.15, -0.1) is 0 Å². The van der Waals surface area contributed by atoms with Crippen molar-refractivity contribution in [1.29, 1.82) is 0 Å². The quantitative estimate of drug-likeness (QED) is 0.713. The molecule has 0 bridgehead atoms. The van der Waals surface area contributed by atoms with Crippen LogP contribution in [0.25, 0.3) is 0 Å². The second-order valence-corrected chi connectivity index (χ2v) is 7.93. The fourth-order valence-corrected chi connectivity index (χ4v) is 3.50. The van der Waals surface area contributed by atoms with Crippen LogP contribution in [0.15, 0.2) is 24.3 Å². The second kappa shape index (κ2) is 6.59. The third-order valence-electron chi connectivity index (χ3n) is 3.74. The van der Waals surface area contributed by atoms with E-state index in [4.69, 9.17) is 16.3 Å². The molecule has 1 heterocycles. The number of hydrogen-bond acceptors (Lipinski definition) is 3. The maximum Gasteiger partial charge on any atom is 0.416 e. The van der Waals surface area contributed by atoms with Crippen LogP contribution in [-0.4, -0.2) is 29.5 Å². The topological polar surface area (TPSA) is 46.6 Å². The molecule has 0 saturated carbocycles. The second-order valence-electron chi connectivity index (χ2n) is 6.42. The Bertz CT molecular complexity index is 585. The monoisotopic (exact) mass is 387 g/mol. The van der Waals surface area contributed by atoms with E-state index in [9.17, 15) is 9.59 Å². The largest absolute Gasteiger partial charge is 0.447 e. The molecule has 0 aliphatic carbocycles. The molecule has 0 N–H and O–H groups in total. The number of cyclic esters (lactones) is 1. The van der Waals surface area contributed by atoms with E-state index in [1.54, 1.807) is 6.07 Å². The summed E-state index contributed by atoms with van der Waals surface area (Å²) in [4.78, 5) is 25.5. The summed E-state index contributed by atoms with van der Waals surface area (Å²) in [5.41, 5.74) is 0.603. The molecule has 1 saturated heterocycles. The molecular weight excluding hydrogens is 370 g/mol. The van der Waals surface area contributed by atoms with Crippen LogP contribution in [0.5, 0.6) is 0 Å². The van der Waals surface area contributed by atoms with Crippen LogP contribution in [0.3, 0.4) is 0 Å². The van der Waals surface area contributed by atoms with Gasteiger partial charge in [0.15, 0.2) is 0 Å². The van der Waals surface area contributed by atoms with E-state index in [0.29, 0.717) is 5.02 Å². The Labute approximate surface area is 143 Å². The van der Waals surface area contributed by atoms with Crippen molar-refractivity contribution in [1.82, 2.24) is 4.90 Å². The Morgan fingerprint density at radius 3 is 2.68 bits per heavy atom. The van der Waals surface area contributed by atoms with Crippen LogP contribution in [0.2, 0.25) is 5.02 Å². The first kappa shape index (κ1) is 17.3. The van der Waals surface area contributed by atoms with Gasteiger partial charge in [0, 0.05) is 16.3 Å². The summed E-state index contributed by atoms with van der Waals surface area (Å²) in [7, 11) is 0. The molecule has 1 aromatic carbocycles. The molecule has 120 valence electrons. The maximum absolute atomic E-state index is 12.6. The fraction of sp³-hybridized carbons (Fsp3) is 0.500. The molecule has 22 heavy (non-hydrogen) atoms. The number of amides is 2. The third kappa shape index (κ3) is 3.63. The van der Waals surface area contributed by atoms with E-state index in [-0.39, 0.29) is 35.2 Å². The Morgan fingerprint density at radius 1 is 1.45 bits per heavy atom. The Kier molecular flexibility index (Phi) is 5.17. The molecule has 1 aliphatic rings. The summed E-state index contributed by atoms with van der Waals surface area (Å²) < 4.78 is 5.06. The van der Waals surface area contributed by atoms with E-state index in [1.807, 2.05) is 39.0 Å². The molecule has 2 atom stereocenters. The number of benzene rings is 1. The van der Waals surface area contributed by atoms with Crippen molar-refractivity contribution in [2.45, 2.75) is 38.1 Å². The first-order valence-electron chi connectivity index (χ1n) is 7.09. The fourth-order valence-electron chi connectivity index (χ4n) is 2.43. The molecule has 1 fully saturated rings. The molecule has 6 heteroatoms. The minimum absolute atomic E-state index is 0.144. The standard InChI is InChI=1S/C16H19BrClNO3/c1-16(2,3)13-9-22-15(21)19(13)14(20)8-11(17)10-6-4-5-7-12(10)18/h4-7,11,13H,8-9H2,1-3H3/t11-,13-/m1/s1. The van der Waals surface area contributed by atoms with Gasteiger partial charge < -0.3 is 4.74 Å². The number of alkyl halides is 1. The zero-order valence-electron chi connectivity index (χ0n) is 12.8. The van der Waals surface area contributed by atoms with Crippen molar-refractivity contribution in [3.05, 3.63) is 34.9 Å². The summed E-state index contributed by atoms with van der Waals surface area (Å²) in [5.74, 6) is -0.260. The number of carbonyl (C=O) groups is 2. The van der Waals surface area contributed by atoms with Gasteiger partial charge in [-0.1, -0.05) is 66.5 Å². The SMILES string of the molecule is CC(C)(C)[C@H]1COC(=O)N1C(=O)C[C@@H](Br)c1ccccc1Cl. The van der Waals surface area contributed by atoms with Crippen LogP contribution in [0.1, 0.15) is 37.6 Å². The average molecular weight is 389 g/mol. The average Bonchev–Trinajstić information content (AvgIpc) is 2.81. The highest BCUT2D eigenvalue weighted by Crippen LogP contribution is 2.35. The lowest BCUT2D eigenvalue weighted by Gasteiger charge is -2.31. The van der Waals surface area contributed by atoms with Gasteiger partial charge in [-0.25, -0.2) is 9.69 Å². The lowest BCUT2D eigenvalue weighted by Crippen LogP contribution is -2.46. The molecule has 0 aromatic heterocycles. The van der Waals surface area contributed by atoms with Crippen LogP contribution >= 0.6 is 27.5 Å². The Morgan fingerprint density at radius 2 is 2.09 bits per heavy atom. The minimum atomic E-state index is -0.566. The summed E-state index contributed by atoms with van der Waals surface area (Å²) >= 11 is 9.64. The van der Waals surface area contributed by atoms with Gasteiger partial charge in [0.1, 0.15) is 6.61 Å². The number of nitrogens with zero attached hydrogens (tertiary/aromatic N) is 1. The van der Waals surface area contributed by atoms with Crippen LogP contribution < -0.4 is 0 Å². The third-order valence-corrected chi connectivity index (χ3v) is 4.90. The van der Waals surface area contributed by atoms with Crippen molar-refractivity contribution in [2.75, 3.05) is 6.61 Å². The summed E-state index contributed by atoms with van der Waals surface area (Å²) in [5, 5.41) is 0.591. The number of imide groups is 1. The molecule has 0 unspecified atom stereocenters. The highest BCUT2D eigenvalue weighted by Gasteiger charge is 2.44. The molecular formula is C16H19BrClNO3. The van der Waals surface area contributed by atoms with Gasteiger partial charge in [-0.3, -0.25) is 4.79 Å². The predicted molar refractivity (Wildman–Crippen MR) is 89.2 cm³/mol. The van der Waals surface area contributed by atoms with Crippen molar-refractivity contribution in [3.63, 3.8) is 0 Å². The smallest absolute Gasteiger partial charge is 0.416 e. The molecule has 0 radical (unpaired) electrons. The van der Waals surface area contributed by atoms with Gasteiger partial charge in [0.2, 0.25) is 5.91 Å². The lowest BCUT2D eigenvalue weighted by atomic mass is 9.86. The van der Waals surface area contributed by atoms with Crippen LogP contribution in [0, 0.1) is 5.41 Å². The molecule has 1 aromatic rings. The van der Waals surface area contributed by atoms with Crippen molar-refractivity contribution >= 4 is 39.5 Å². The van der Waals surface area contributed by atoms with Gasteiger partial charge >= 0.3 is 6.09 Å². The van der Waals surface area contributed by atoms with Crippen molar-refractivity contribution in [2.24, 2.45) is 5.41 Å². The van der Waals surface area contributed by atoms with Crippen LogP contribution in [0.4, 0.5) is 4.79 Å². The first-order valence-corrected chi connectivity index (χ1v) is 8.38. The lowest BCUT2D eigenvalue weighted by molar-refractivity contribution is -0.130. The van der Waals surface area contributed by atoms with Gasteiger partial charge in [-0.2, -0.15) is 0 Å². The zero-order valence-corrected chi connectivity index (χ0v) is 15.1. The van der Waals surface area contributed by atoms with E-state index in [0.717, 1.165) is 5.56 Å². The molecule has 0 spiro atoms. The highest BCUT2D eigenvalue weighted by molar-refractivity contribution is 9.09. The molecule has 4 nitrogen and oxygen atoms in total. The molecule has 2 rings (SSSR count). The predicted octanol–water partition coefficient (Wildman–Crippen LogP) is 4.56. The molecule has 1 aliphatic heterocycles. The Hall–Kier alpha value is -1.07. The number of ether oxygens (including phenoxy) is 1. The maximum atomic E-state index is 12.6. The summed E-state index contributed by atoms with van der Waals surface area (Å²) in [6, 6.07) is 7.08. The summed E-state index contributed by atoms with van der Waals surface area (Å²) in [6.45, 7) is 6.20.